The van der Waals surface area contributed by atoms with E-state index >= 15 is 0 Å². The van der Waals surface area contributed by atoms with Crippen LogP contribution in [0.15, 0.2) is 18.2 Å². The van der Waals surface area contributed by atoms with Crippen molar-refractivity contribution in [2.24, 2.45) is 0 Å². The van der Waals surface area contributed by atoms with Gasteiger partial charge in [0.05, 0.1) is 27.9 Å². The Kier molecular flexibility index (Phi) is 7.11. The summed E-state index contributed by atoms with van der Waals surface area (Å²) in [6.45, 7) is 1.56. The number of nitrogens with zero attached hydrogens (tertiary/aromatic N) is 2. The second-order valence-electron chi connectivity index (χ2n) is 3.64. The van der Waals surface area contributed by atoms with Crippen molar-refractivity contribution in [2.45, 2.75) is 19.4 Å². The van der Waals surface area contributed by atoms with Gasteiger partial charge in [-0.25, -0.2) is 0 Å². The maximum Gasteiger partial charge on any atom is 1.00 e. The molecule has 20 heavy (non-hydrogen) atoms. The van der Waals surface area contributed by atoms with Crippen molar-refractivity contribution in [2.75, 3.05) is 5.32 Å². The van der Waals surface area contributed by atoms with Crippen molar-refractivity contribution in [1.82, 2.24) is 0 Å². The Bertz CT molecular complexity index is 536. The number of hydrogen-bond acceptors (Lipinski definition) is 7. The van der Waals surface area contributed by atoms with Crippen LogP contribution in [0.4, 0.5) is 17.1 Å². The Morgan fingerprint density at radius 2 is 1.90 bits per heavy atom. The Morgan fingerprint density at radius 3 is 2.30 bits per heavy atom. The maximum absolute atomic E-state index is 10.8. The van der Waals surface area contributed by atoms with E-state index in [1.807, 2.05) is 0 Å². The van der Waals surface area contributed by atoms with Gasteiger partial charge in [-0.05, 0) is 12.5 Å². The van der Waals surface area contributed by atoms with Gasteiger partial charge in [-0.1, -0.05) is 6.92 Å². The Hall–Kier alpha value is -1.71. The molecule has 0 amide bonds. The second-order valence-corrected chi connectivity index (χ2v) is 3.64. The molecular formula is C10H10N3NaO6. The van der Waals surface area contributed by atoms with E-state index in [-0.39, 0.29) is 41.7 Å². The summed E-state index contributed by atoms with van der Waals surface area (Å²) in [4.78, 5) is 30.5. The maximum atomic E-state index is 10.8. The normalized spacial score (nSPS) is 11.1. The van der Waals surface area contributed by atoms with Crippen LogP contribution in [-0.2, 0) is 4.79 Å². The number of anilines is 1. The average Bonchev–Trinajstić information content (AvgIpc) is 2.35. The van der Waals surface area contributed by atoms with Crippen molar-refractivity contribution in [3.05, 3.63) is 38.4 Å². The quantitative estimate of drug-likeness (QED) is 0.345. The summed E-state index contributed by atoms with van der Waals surface area (Å²) >= 11 is 0. The van der Waals surface area contributed by atoms with Gasteiger partial charge in [0.25, 0.3) is 11.4 Å². The number of aliphatic carboxylic acids is 1. The number of nitro benzene ring substituents is 2. The van der Waals surface area contributed by atoms with E-state index in [9.17, 15) is 30.1 Å². The summed E-state index contributed by atoms with van der Waals surface area (Å²) in [5.41, 5.74) is -1.11. The molecule has 0 heterocycles. The zero-order valence-corrected chi connectivity index (χ0v) is 12.9. The van der Waals surface area contributed by atoms with Gasteiger partial charge in [0.2, 0.25) is 0 Å². The van der Waals surface area contributed by atoms with Gasteiger partial charge in [0.1, 0.15) is 5.69 Å². The third-order valence-corrected chi connectivity index (χ3v) is 2.41. The fourth-order valence-corrected chi connectivity index (χ4v) is 1.42. The molecule has 1 aromatic rings. The molecule has 0 radical (unpaired) electrons. The third-order valence-electron chi connectivity index (χ3n) is 2.41. The van der Waals surface area contributed by atoms with Crippen LogP contribution in [0.25, 0.3) is 0 Å². The molecule has 0 unspecified atom stereocenters. The topological polar surface area (TPSA) is 138 Å². The minimum atomic E-state index is -1.41. The van der Waals surface area contributed by atoms with Crippen LogP contribution < -0.4 is 40.0 Å². The summed E-state index contributed by atoms with van der Waals surface area (Å²) in [5.74, 6) is -1.41. The van der Waals surface area contributed by atoms with E-state index in [0.717, 1.165) is 18.2 Å². The molecule has 1 N–H and O–H groups in total. The van der Waals surface area contributed by atoms with Gasteiger partial charge in [0.15, 0.2) is 0 Å². The Morgan fingerprint density at radius 1 is 1.30 bits per heavy atom. The predicted molar refractivity (Wildman–Crippen MR) is 62.5 cm³/mol. The van der Waals surface area contributed by atoms with Crippen molar-refractivity contribution in [3.8, 4) is 0 Å². The van der Waals surface area contributed by atoms with Gasteiger partial charge < -0.3 is 15.2 Å². The van der Waals surface area contributed by atoms with Gasteiger partial charge in [-0.2, -0.15) is 0 Å². The van der Waals surface area contributed by atoms with Gasteiger partial charge in [0, 0.05) is 6.07 Å². The van der Waals surface area contributed by atoms with Crippen LogP contribution >= 0.6 is 0 Å². The van der Waals surface area contributed by atoms with E-state index in [4.69, 9.17) is 0 Å². The molecule has 1 aromatic carbocycles. The minimum Gasteiger partial charge on any atom is -0.548 e. The molecule has 1 atom stereocenters. The fourth-order valence-electron chi connectivity index (χ4n) is 1.42. The molecule has 0 saturated heterocycles. The van der Waals surface area contributed by atoms with Crippen molar-refractivity contribution >= 4 is 23.0 Å². The number of carbonyl (C=O) groups excluding carboxylic acids is 1. The van der Waals surface area contributed by atoms with Crippen LogP contribution in [0.2, 0.25) is 0 Å². The molecule has 0 fully saturated rings. The first-order chi connectivity index (χ1) is 8.86. The summed E-state index contributed by atoms with van der Waals surface area (Å²) in [5, 5.41) is 34.5. The van der Waals surface area contributed by atoms with Crippen LogP contribution in [0.1, 0.15) is 13.3 Å². The van der Waals surface area contributed by atoms with E-state index in [1.165, 1.54) is 0 Å². The predicted octanol–water partition coefficient (Wildman–Crippen LogP) is -2.55. The number of nitro groups is 2. The van der Waals surface area contributed by atoms with Crippen molar-refractivity contribution < 1.29 is 49.3 Å². The molecule has 0 saturated carbocycles. The van der Waals surface area contributed by atoms with E-state index < -0.39 is 33.2 Å². The first-order valence-corrected chi connectivity index (χ1v) is 5.27. The molecule has 0 bridgehead atoms. The summed E-state index contributed by atoms with van der Waals surface area (Å²) in [6, 6.07) is 1.81. The molecule has 0 aromatic heterocycles. The molecule has 0 aliphatic rings. The molecule has 102 valence electrons. The Balaban J connectivity index is 0.00000361. The Labute approximate surface area is 135 Å². The minimum absolute atomic E-state index is 0. The number of carboxylic acids is 1. The number of carboxylic acid groups (broad SMARTS) is 1. The van der Waals surface area contributed by atoms with Crippen LogP contribution in [0.5, 0.6) is 0 Å². The number of nitrogens with one attached hydrogen (secondary N) is 1. The number of non-ortho nitro benzene ring substituents is 1. The van der Waals surface area contributed by atoms with Crippen molar-refractivity contribution in [1.29, 1.82) is 0 Å². The zero-order chi connectivity index (χ0) is 14.6. The summed E-state index contributed by atoms with van der Waals surface area (Å²) in [7, 11) is 0. The fraction of sp³-hybridized carbons (Fsp3) is 0.300. The first kappa shape index (κ1) is 18.3. The molecule has 9 nitrogen and oxygen atoms in total. The average molecular weight is 291 g/mol. The summed E-state index contributed by atoms with van der Waals surface area (Å²) < 4.78 is 0. The van der Waals surface area contributed by atoms with Gasteiger partial charge >= 0.3 is 29.6 Å². The molecule has 0 spiro atoms. The first-order valence-electron chi connectivity index (χ1n) is 5.27. The molecule has 0 aliphatic carbocycles. The monoisotopic (exact) mass is 291 g/mol. The van der Waals surface area contributed by atoms with Gasteiger partial charge in [-0.15, -0.1) is 0 Å². The van der Waals surface area contributed by atoms with E-state index in [2.05, 4.69) is 5.32 Å². The SMILES string of the molecule is CC[C@H](Nc1ccc([N+](=O)[O-])cc1[N+](=O)[O-])C(=O)[O-].[Na+]. The number of benzene rings is 1. The van der Waals surface area contributed by atoms with Gasteiger partial charge in [-0.3, -0.25) is 20.2 Å². The molecule has 1 rings (SSSR count). The second kappa shape index (κ2) is 7.78. The smallest absolute Gasteiger partial charge is 0.548 e. The van der Waals surface area contributed by atoms with Crippen LogP contribution in [0.3, 0.4) is 0 Å². The number of hydrogen-bond donors (Lipinski definition) is 1. The van der Waals surface area contributed by atoms with Crippen LogP contribution in [0, 0.1) is 20.2 Å². The number of rotatable bonds is 6. The van der Waals surface area contributed by atoms with E-state index in [0.29, 0.717) is 0 Å². The van der Waals surface area contributed by atoms with Crippen molar-refractivity contribution in [3.63, 3.8) is 0 Å². The number of carbonyl (C=O) groups is 1. The van der Waals surface area contributed by atoms with Crippen LogP contribution in [-0.4, -0.2) is 21.9 Å². The molecule has 0 aliphatic heterocycles. The van der Waals surface area contributed by atoms with E-state index in [1.54, 1.807) is 6.92 Å². The summed E-state index contributed by atoms with van der Waals surface area (Å²) in [6.07, 6.45) is 0.149. The third kappa shape index (κ3) is 4.44. The standard InChI is InChI=1S/C10H11N3O6.Na/c1-2-7(10(14)15)11-8-4-3-6(12(16)17)5-9(8)13(18)19;/h3-5,7,11H,2H2,1H3,(H,14,15);/q;+1/p-1/t7-;/m0./s1. The zero-order valence-electron chi connectivity index (χ0n) is 10.9. The molecule has 10 heteroatoms. The largest absolute Gasteiger partial charge is 1.00 e. The molecular weight excluding hydrogens is 281 g/mol.